The maximum Gasteiger partial charge on any atom is 0.162 e. The van der Waals surface area contributed by atoms with E-state index in [-0.39, 0.29) is 11.6 Å². The van der Waals surface area contributed by atoms with Gasteiger partial charge in [0.25, 0.3) is 0 Å². The molecule has 5 heteroatoms. The second-order valence-electron chi connectivity index (χ2n) is 7.06. The van der Waals surface area contributed by atoms with Crippen LogP contribution in [0.2, 0.25) is 0 Å². The van der Waals surface area contributed by atoms with Crippen molar-refractivity contribution >= 4 is 34.8 Å². The Labute approximate surface area is 176 Å². The Hall–Kier alpha value is -1.84. The zero-order valence-corrected chi connectivity index (χ0v) is 17.3. The number of alkyl halides is 2. The predicted octanol–water partition coefficient (Wildman–Crippen LogP) is 6.57. The Balaban J connectivity index is 1.73. The third-order valence-electron chi connectivity index (χ3n) is 4.94. The van der Waals surface area contributed by atoms with Crippen LogP contribution in [-0.2, 0) is 6.42 Å². The molecule has 1 aliphatic rings. The van der Waals surface area contributed by atoms with Gasteiger partial charge < -0.3 is 4.74 Å². The number of ether oxygens (including phenoxy) is 1. The predicted molar refractivity (Wildman–Crippen MR) is 114 cm³/mol. The minimum atomic E-state index is 0.127. The van der Waals surface area contributed by atoms with E-state index in [1.807, 2.05) is 36.4 Å². The van der Waals surface area contributed by atoms with Gasteiger partial charge in [-0.1, -0.05) is 0 Å². The van der Waals surface area contributed by atoms with E-state index in [0.717, 1.165) is 48.3 Å². The molecule has 148 valence electrons. The molecule has 0 N–H and O–H groups in total. The summed E-state index contributed by atoms with van der Waals surface area (Å²) in [5.74, 6) is 2.95. The lowest BCUT2D eigenvalue weighted by molar-refractivity contribution is 0.0972. The number of halogens is 2. The molecule has 28 heavy (non-hydrogen) atoms. The van der Waals surface area contributed by atoms with Crippen molar-refractivity contribution in [3.8, 4) is 11.5 Å². The van der Waals surface area contributed by atoms with Crippen molar-refractivity contribution in [1.29, 1.82) is 0 Å². The van der Waals surface area contributed by atoms with Crippen LogP contribution in [0, 0.1) is 0 Å². The van der Waals surface area contributed by atoms with Crippen LogP contribution < -0.4 is 4.74 Å². The lowest BCUT2D eigenvalue weighted by Gasteiger charge is -2.21. The maximum atomic E-state index is 12.4. The number of hydrogen-bond donors (Lipinski definition) is 0. The number of ketones is 2. The van der Waals surface area contributed by atoms with Gasteiger partial charge in [0.05, 0.1) is 0 Å². The van der Waals surface area contributed by atoms with Gasteiger partial charge in [0.1, 0.15) is 11.5 Å². The Morgan fingerprint density at radius 2 is 1.21 bits per heavy atom. The van der Waals surface area contributed by atoms with Gasteiger partial charge >= 0.3 is 0 Å². The summed E-state index contributed by atoms with van der Waals surface area (Å²) < 4.78 is 5.99. The number of benzene rings is 2. The molecule has 1 aliphatic heterocycles. The van der Waals surface area contributed by atoms with Crippen LogP contribution >= 0.6 is 23.2 Å². The standard InChI is InChI=1S/C23H24Cl2O3/c24-11-3-1-5-20(26)16-7-9-22-18(13-16)15-19-14-17(8-10-23(19)28-22)21(27)6-2-4-12-25/h7-10,13-14H,1-6,11-12,15H2. The van der Waals surface area contributed by atoms with E-state index in [9.17, 15) is 9.59 Å². The van der Waals surface area contributed by atoms with Gasteiger partial charge in [0.2, 0.25) is 0 Å². The largest absolute Gasteiger partial charge is 0.457 e. The van der Waals surface area contributed by atoms with Gasteiger partial charge in [0, 0.05) is 53.3 Å². The Kier molecular flexibility index (Phi) is 7.52. The highest BCUT2D eigenvalue weighted by atomic mass is 35.5. The summed E-state index contributed by atoms with van der Waals surface area (Å²) in [4.78, 5) is 24.8. The van der Waals surface area contributed by atoms with Crippen molar-refractivity contribution in [2.45, 2.75) is 44.9 Å². The fourth-order valence-corrected chi connectivity index (χ4v) is 3.73. The lowest BCUT2D eigenvalue weighted by Crippen LogP contribution is -2.08. The highest BCUT2D eigenvalue weighted by Gasteiger charge is 2.20. The first-order chi connectivity index (χ1) is 13.6. The lowest BCUT2D eigenvalue weighted by atomic mass is 9.94. The number of carbonyl (C=O) groups is 2. The molecule has 0 saturated carbocycles. The van der Waals surface area contributed by atoms with E-state index >= 15 is 0 Å². The molecule has 0 saturated heterocycles. The van der Waals surface area contributed by atoms with Gasteiger partial charge in [-0.2, -0.15) is 0 Å². The third kappa shape index (κ3) is 5.15. The summed E-state index contributed by atoms with van der Waals surface area (Å²) in [6.07, 6.45) is 4.94. The van der Waals surface area contributed by atoms with Crippen LogP contribution in [-0.4, -0.2) is 23.3 Å². The normalized spacial score (nSPS) is 12.1. The highest BCUT2D eigenvalue weighted by molar-refractivity contribution is 6.18. The van der Waals surface area contributed by atoms with Crippen molar-refractivity contribution in [1.82, 2.24) is 0 Å². The molecule has 0 unspecified atom stereocenters. The van der Waals surface area contributed by atoms with E-state index in [0.29, 0.717) is 42.1 Å². The van der Waals surface area contributed by atoms with E-state index in [2.05, 4.69) is 0 Å². The van der Waals surface area contributed by atoms with Crippen LogP contribution in [0.4, 0.5) is 0 Å². The molecule has 0 radical (unpaired) electrons. The van der Waals surface area contributed by atoms with Crippen molar-refractivity contribution in [2.75, 3.05) is 11.8 Å². The van der Waals surface area contributed by atoms with E-state index in [1.54, 1.807) is 0 Å². The van der Waals surface area contributed by atoms with Crippen LogP contribution in [0.3, 0.4) is 0 Å². The molecule has 1 heterocycles. The molecule has 0 aliphatic carbocycles. The van der Waals surface area contributed by atoms with Crippen LogP contribution in [0.25, 0.3) is 0 Å². The van der Waals surface area contributed by atoms with Crippen molar-refractivity contribution in [3.05, 3.63) is 58.7 Å². The van der Waals surface area contributed by atoms with Crippen LogP contribution in [0.15, 0.2) is 36.4 Å². The summed E-state index contributed by atoms with van der Waals surface area (Å²) in [6.45, 7) is 0. The second kappa shape index (κ2) is 10.1. The smallest absolute Gasteiger partial charge is 0.162 e. The number of Topliss-reactive ketones (excluding diaryl/α,β-unsaturated/α-hetero) is 2. The van der Waals surface area contributed by atoms with Crippen LogP contribution in [0.5, 0.6) is 11.5 Å². The number of fused-ring (bicyclic) bond motifs is 2. The molecular weight excluding hydrogens is 395 g/mol. The summed E-state index contributed by atoms with van der Waals surface area (Å²) in [7, 11) is 0. The van der Waals surface area contributed by atoms with Crippen molar-refractivity contribution in [3.63, 3.8) is 0 Å². The summed E-state index contributed by atoms with van der Waals surface area (Å²) in [5.41, 5.74) is 3.35. The van der Waals surface area contributed by atoms with Crippen molar-refractivity contribution < 1.29 is 14.3 Å². The monoisotopic (exact) mass is 418 g/mol. The SMILES string of the molecule is O=C(CCCCCl)c1ccc2c(c1)Cc1cc(C(=O)CCCCCl)ccc1O2. The fraction of sp³-hybridized carbons (Fsp3) is 0.391. The van der Waals surface area contributed by atoms with E-state index in [1.165, 1.54) is 0 Å². The van der Waals surface area contributed by atoms with Gasteiger partial charge in [0.15, 0.2) is 11.6 Å². The number of rotatable bonds is 10. The third-order valence-corrected chi connectivity index (χ3v) is 5.48. The molecule has 0 atom stereocenters. The maximum absolute atomic E-state index is 12.4. The fourth-order valence-electron chi connectivity index (χ4n) is 3.35. The second-order valence-corrected chi connectivity index (χ2v) is 7.82. The molecule has 0 spiro atoms. The quantitative estimate of drug-likeness (QED) is 0.212. The topological polar surface area (TPSA) is 43.4 Å². The average molecular weight is 419 g/mol. The Morgan fingerprint density at radius 1 is 0.750 bits per heavy atom. The Bertz CT molecular complexity index is 791. The van der Waals surface area contributed by atoms with E-state index < -0.39 is 0 Å². The molecule has 0 bridgehead atoms. The van der Waals surface area contributed by atoms with Gasteiger partial charge in [-0.15, -0.1) is 23.2 Å². The first-order valence-corrected chi connectivity index (χ1v) is 10.8. The summed E-state index contributed by atoms with van der Waals surface area (Å²) in [5, 5.41) is 0. The molecule has 0 fully saturated rings. The molecule has 2 aromatic rings. The molecular formula is C23H24Cl2O3. The number of hydrogen-bond acceptors (Lipinski definition) is 3. The van der Waals surface area contributed by atoms with E-state index in [4.69, 9.17) is 27.9 Å². The molecule has 0 amide bonds. The Morgan fingerprint density at radius 3 is 1.64 bits per heavy atom. The number of carbonyl (C=O) groups excluding carboxylic acids is 2. The molecule has 3 nitrogen and oxygen atoms in total. The zero-order chi connectivity index (χ0) is 19.9. The molecule has 0 aromatic heterocycles. The first-order valence-electron chi connectivity index (χ1n) is 9.74. The molecule has 2 aromatic carbocycles. The minimum absolute atomic E-state index is 0.127. The number of unbranched alkanes of at least 4 members (excludes halogenated alkanes) is 2. The average Bonchev–Trinajstić information content (AvgIpc) is 2.71. The van der Waals surface area contributed by atoms with Crippen LogP contribution in [0.1, 0.15) is 70.4 Å². The zero-order valence-electron chi connectivity index (χ0n) is 15.8. The minimum Gasteiger partial charge on any atom is -0.457 e. The van der Waals surface area contributed by atoms with Crippen molar-refractivity contribution in [2.24, 2.45) is 0 Å². The molecule has 3 rings (SSSR count). The van der Waals surface area contributed by atoms with Gasteiger partial charge in [-0.25, -0.2) is 0 Å². The summed E-state index contributed by atoms with van der Waals surface area (Å²) >= 11 is 11.4. The summed E-state index contributed by atoms with van der Waals surface area (Å²) in [6, 6.07) is 11.2. The highest BCUT2D eigenvalue weighted by Crippen LogP contribution is 2.37. The van der Waals surface area contributed by atoms with Gasteiger partial charge in [-0.05, 0) is 62.1 Å². The van der Waals surface area contributed by atoms with Gasteiger partial charge in [-0.3, -0.25) is 9.59 Å². The first kappa shape index (κ1) is 20.9.